The molecule has 0 radical (unpaired) electrons. The van der Waals surface area contributed by atoms with Gasteiger partial charge in [0.15, 0.2) is 11.5 Å². The molecule has 1 aliphatic rings. The van der Waals surface area contributed by atoms with Gasteiger partial charge in [0.05, 0.1) is 23.0 Å². The first-order chi connectivity index (χ1) is 18.8. The summed E-state index contributed by atoms with van der Waals surface area (Å²) in [5.41, 5.74) is 1.21. The van der Waals surface area contributed by atoms with E-state index in [9.17, 15) is 18.8 Å². The molecule has 3 aromatic carbocycles. The van der Waals surface area contributed by atoms with E-state index in [1.807, 2.05) is 0 Å². The maximum atomic E-state index is 13.5. The predicted molar refractivity (Wildman–Crippen MR) is 152 cm³/mol. The van der Waals surface area contributed by atoms with Crippen molar-refractivity contribution < 1.29 is 33.0 Å². The minimum absolute atomic E-state index is 0.116. The highest BCUT2D eigenvalue weighted by Gasteiger charge is 2.37. The predicted octanol–water partition coefficient (Wildman–Crippen LogP) is 5.86. The second-order valence-electron chi connectivity index (χ2n) is 8.61. The van der Waals surface area contributed by atoms with Crippen LogP contribution >= 0.6 is 22.6 Å². The van der Waals surface area contributed by atoms with Crippen LogP contribution in [0, 0.1) is 9.39 Å². The number of hydrogen-bond acceptors (Lipinski definition) is 6. The van der Waals surface area contributed by atoms with Crippen LogP contribution in [0.25, 0.3) is 6.08 Å². The lowest BCUT2D eigenvalue weighted by Gasteiger charge is -2.26. The van der Waals surface area contributed by atoms with E-state index in [-0.39, 0.29) is 18.0 Å². The van der Waals surface area contributed by atoms with Crippen molar-refractivity contribution in [1.82, 2.24) is 5.32 Å². The third kappa shape index (κ3) is 6.75. The summed E-state index contributed by atoms with van der Waals surface area (Å²) < 4.78 is 31.2. The van der Waals surface area contributed by atoms with Crippen LogP contribution in [-0.4, -0.2) is 31.6 Å². The number of hydrogen-bond donors (Lipinski definition) is 1. The topological polar surface area (TPSA) is 94.2 Å². The van der Waals surface area contributed by atoms with Crippen LogP contribution in [-0.2, 0) is 16.2 Å². The smallest absolute Gasteiger partial charge is 0.335 e. The first-order valence-electron chi connectivity index (χ1n) is 12.2. The molecule has 0 atom stereocenters. The molecule has 3 aromatic rings. The molecule has 0 aliphatic carbocycles. The Morgan fingerprint density at radius 3 is 2.49 bits per heavy atom. The Labute approximate surface area is 238 Å². The molecule has 1 aliphatic heterocycles. The Balaban J connectivity index is 1.57. The number of ether oxygens (including phenoxy) is 3. The number of benzene rings is 3. The van der Waals surface area contributed by atoms with Crippen LogP contribution in [0.1, 0.15) is 30.9 Å². The van der Waals surface area contributed by atoms with Crippen molar-refractivity contribution >= 4 is 52.2 Å². The first-order valence-corrected chi connectivity index (χ1v) is 13.3. The molecule has 10 heteroatoms. The molecular formula is C29H26FIN2O6. The first kappa shape index (κ1) is 28.1. The van der Waals surface area contributed by atoms with E-state index >= 15 is 0 Å². The minimum atomic E-state index is -0.838. The average molecular weight is 644 g/mol. The summed E-state index contributed by atoms with van der Waals surface area (Å²) in [4.78, 5) is 39.4. The molecule has 0 unspecified atom stereocenters. The number of urea groups is 1. The largest absolute Gasteiger partial charge is 0.494 e. The van der Waals surface area contributed by atoms with E-state index in [4.69, 9.17) is 14.2 Å². The standard InChI is InChI=1S/C29H26FIN2O6/c1-3-4-12-38-22-10-8-21(9-11-22)33-28(35)23(27(34)32-29(33)36)14-19-15-24(31)26(25(16-19)37-2)39-17-18-6-5-7-20(30)13-18/h5-11,13-16H,3-4,12,17H2,1-2H3,(H,32,34,36)/b23-14-. The second-order valence-corrected chi connectivity index (χ2v) is 9.77. The lowest BCUT2D eigenvalue weighted by atomic mass is 10.1. The fourth-order valence-corrected chi connectivity index (χ4v) is 4.61. The van der Waals surface area contributed by atoms with Gasteiger partial charge in [-0.05, 0) is 94.7 Å². The van der Waals surface area contributed by atoms with Crippen molar-refractivity contribution in [1.29, 1.82) is 0 Å². The molecule has 202 valence electrons. The summed E-state index contributed by atoms with van der Waals surface area (Å²) in [5.74, 6) is -0.517. The molecule has 1 fully saturated rings. The van der Waals surface area contributed by atoms with Crippen molar-refractivity contribution in [2.45, 2.75) is 26.4 Å². The number of unbranched alkanes of at least 4 members (excludes halogenated alkanes) is 1. The number of barbiturate groups is 1. The van der Waals surface area contributed by atoms with Gasteiger partial charge in [-0.3, -0.25) is 14.9 Å². The van der Waals surface area contributed by atoms with E-state index in [1.54, 1.807) is 48.5 Å². The van der Waals surface area contributed by atoms with Crippen LogP contribution in [0.5, 0.6) is 17.2 Å². The molecule has 1 saturated heterocycles. The van der Waals surface area contributed by atoms with Gasteiger partial charge in [0.1, 0.15) is 23.7 Å². The highest BCUT2D eigenvalue weighted by molar-refractivity contribution is 14.1. The normalized spacial score (nSPS) is 14.4. The highest BCUT2D eigenvalue weighted by Crippen LogP contribution is 2.35. The molecule has 0 aromatic heterocycles. The highest BCUT2D eigenvalue weighted by atomic mass is 127. The Bertz CT molecular complexity index is 1420. The quantitative estimate of drug-likeness (QED) is 0.129. The molecule has 8 nitrogen and oxygen atoms in total. The maximum absolute atomic E-state index is 13.5. The SMILES string of the molecule is CCCCOc1ccc(N2C(=O)NC(=O)/C(=C/c3cc(I)c(OCc4cccc(F)c4)c(OC)c3)C2=O)cc1. The number of carbonyl (C=O) groups excluding carboxylic acids is 3. The second kappa shape index (κ2) is 12.7. The molecule has 1 N–H and O–H groups in total. The summed E-state index contributed by atoms with van der Waals surface area (Å²) in [6.07, 6.45) is 3.30. The molecule has 4 amide bonds. The van der Waals surface area contributed by atoms with Crippen molar-refractivity contribution in [3.63, 3.8) is 0 Å². The Kier molecular flexibility index (Phi) is 9.18. The van der Waals surface area contributed by atoms with Gasteiger partial charge in [-0.2, -0.15) is 0 Å². The number of nitrogens with zero attached hydrogens (tertiary/aromatic N) is 1. The summed E-state index contributed by atoms with van der Waals surface area (Å²) in [6, 6.07) is 15.1. The van der Waals surface area contributed by atoms with Crippen LogP contribution in [0.3, 0.4) is 0 Å². The zero-order valence-corrected chi connectivity index (χ0v) is 23.5. The van der Waals surface area contributed by atoms with Crippen molar-refractivity contribution in [2.24, 2.45) is 0 Å². The number of nitrogens with one attached hydrogen (secondary N) is 1. The van der Waals surface area contributed by atoms with Gasteiger partial charge in [-0.1, -0.05) is 25.5 Å². The van der Waals surface area contributed by atoms with Crippen LogP contribution in [0.15, 0.2) is 66.2 Å². The fourth-order valence-electron chi connectivity index (χ4n) is 3.83. The third-order valence-corrected chi connectivity index (χ3v) is 6.60. The summed E-state index contributed by atoms with van der Waals surface area (Å²) in [7, 11) is 1.46. The van der Waals surface area contributed by atoms with Crippen LogP contribution in [0.4, 0.5) is 14.9 Å². The van der Waals surface area contributed by atoms with Crippen LogP contribution < -0.4 is 24.4 Å². The number of halogens is 2. The number of carbonyl (C=O) groups is 3. The Hall–Kier alpha value is -3.93. The Morgan fingerprint density at radius 2 is 1.79 bits per heavy atom. The van der Waals surface area contributed by atoms with Gasteiger partial charge >= 0.3 is 6.03 Å². The van der Waals surface area contributed by atoms with Gasteiger partial charge in [-0.25, -0.2) is 14.1 Å². The number of methoxy groups -OCH3 is 1. The zero-order valence-electron chi connectivity index (χ0n) is 21.3. The van der Waals surface area contributed by atoms with Gasteiger partial charge < -0.3 is 14.2 Å². The molecule has 39 heavy (non-hydrogen) atoms. The minimum Gasteiger partial charge on any atom is -0.494 e. The monoisotopic (exact) mass is 644 g/mol. The Morgan fingerprint density at radius 1 is 1.03 bits per heavy atom. The summed E-state index contributed by atoms with van der Waals surface area (Å²) in [5, 5.41) is 2.22. The van der Waals surface area contributed by atoms with Gasteiger partial charge in [0.2, 0.25) is 0 Å². The van der Waals surface area contributed by atoms with E-state index in [2.05, 4.69) is 34.8 Å². The molecule has 0 bridgehead atoms. The lowest BCUT2D eigenvalue weighted by Crippen LogP contribution is -2.54. The molecule has 4 rings (SSSR count). The number of imide groups is 2. The summed E-state index contributed by atoms with van der Waals surface area (Å²) in [6.45, 7) is 2.75. The zero-order chi connectivity index (χ0) is 27.9. The van der Waals surface area contributed by atoms with E-state index in [0.29, 0.717) is 44.2 Å². The number of rotatable bonds is 10. The molecule has 0 spiro atoms. The van der Waals surface area contributed by atoms with E-state index < -0.39 is 17.8 Å². The lowest BCUT2D eigenvalue weighted by molar-refractivity contribution is -0.122. The van der Waals surface area contributed by atoms with Crippen molar-refractivity contribution in [3.8, 4) is 17.2 Å². The van der Waals surface area contributed by atoms with Crippen molar-refractivity contribution in [2.75, 3.05) is 18.6 Å². The van der Waals surface area contributed by atoms with E-state index in [0.717, 1.165) is 17.7 Å². The summed E-state index contributed by atoms with van der Waals surface area (Å²) >= 11 is 2.05. The van der Waals surface area contributed by atoms with Gasteiger partial charge in [0, 0.05) is 0 Å². The van der Waals surface area contributed by atoms with Crippen LogP contribution in [0.2, 0.25) is 0 Å². The fraction of sp³-hybridized carbons (Fsp3) is 0.207. The number of amides is 4. The van der Waals surface area contributed by atoms with Crippen molar-refractivity contribution in [3.05, 3.63) is 86.8 Å². The van der Waals surface area contributed by atoms with E-state index in [1.165, 1.54) is 25.3 Å². The maximum Gasteiger partial charge on any atom is 0.335 e. The molecule has 1 heterocycles. The molecule has 0 saturated carbocycles. The number of anilines is 1. The average Bonchev–Trinajstić information content (AvgIpc) is 2.91. The van der Waals surface area contributed by atoms with Gasteiger partial charge in [-0.15, -0.1) is 0 Å². The third-order valence-electron chi connectivity index (χ3n) is 5.80. The van der Waals surface area contributed by atoms with Gasteiger partial charge in [0.25, 0.3) is 11.8 Å². The molecular weight excluding hydrogens is 618 g/mol.